The molecular weight excluding hydrogens is 314 g/mol. The smallest absolute Gasteiger partial charge is 0.0368 e. The summed E-state index contributed by atoms with van der Waals surface area (Å²) in [6.07, 6.45) is 18.7. The van der Waals surface area contributed by atoms with E-state index in [0.29, 0.717) is 0 Å². The molecule has 0 spiro atoms. The van der Waals surface area contributed by atoms with Crippen molar-refractivity contribution >= 4 is 11.8 Å². The molecule has 0 radical (unpaired) electrons. The van der Waals surface area contributed by atoms with Gasteiger partial charge in [0, 0.05) is 18.3 Å². The Labute approximate surface area is 163 Å². The van der Waals surface area contributed by atoms with Gasteiger partial charge in [0.05, 0.1) is 0 Å². The first kappa shape index (κ1) is 22.8. The van der Waals surface area contributed by atoms with Crippen LogP contribution in [0.15, 0.2) is 30.8 Å². The predicted octanol–water partition coefficient (Wildman–Crippen LogP) is 8.25. The second kappa shape index (κ2) is 13.0. The van der Waals surface area contributed by atoms with Gasteiger partial charge in [0.1, 0.15) is 0 Å². The van der Waals surface area contributed by atoms with Crippen LogP contribution in [0.25, 0.3) is 6.08 Å². The Morgan fingerprint density at radius 1 is 0.808 bits per heavy atom. The van der Waals surface area contributed by atoms with Crippen molar-refractivity contribution in [2.24, 2.45) is 0 Å². The summed E-state index contributed by atoms with van der Waals surface area (Å²) in [7, 11) is 2.22. The maximum Gasteiger partial charge on any atom is 0.0368 e. The number of nitrogens with zero attached hydrogens (tertiary/aromatic N) is 1. The summed E-state index contributed by atoms with van der Waals surface area (Å²) in [4.78, 5) is 2.43. The summed E-state index contributed by atoms with van der Waals surface area (Å²) < 4.78 is 0. The van der Waals surface area contributed by atoms with E-state index in [1.807, 2.05) is 6.08 Å². The van der Waals surface area contributed by atoms with E-state index in [9.17, 15) is 0 Å². The Bertz CT molecular complexity index is 471. The van der Waals surface area contributed by atoms with Crippen LogP contribution in [0, 0.1) is 0 Å². The number of benzene rings is 1. The second-order valence-corrected chi connectivity index (χ2v) is 8.45. The normalized spacial score (nSPS) is 11.5. The molecule has 0 N–H and O–H groups in total. The average Bonchev–Trinajstić information content (AvgIpc) is 2.65. The molecule has 0 saturated heterocycles. The van der Waals surface area contributed by atoms with Crippen LogP contribution in [0.4, 0.5) is 5.69 Å². The SMILES string of the molecule is C=Cc1ccc(N(C)C(C)(C)CCCCCCCCCCCCC)cc1. The zero-order chi connectivity index (χ0) is 19.3. The van der Waals surface area contributed by atoms with Crippen molar-refractivity contribution < 1.29 is 0 Å². The number of hydrogen-bond acceptors (Lipinski definition) is 1. The lowest BCUT2D eigenvalue weighted by Gasteiger charge is -2.38. The molecule has 0 unspecified atom stereocenters. The van der Waals surface area contributed by atoms with E-state index < -0.39 is 0 Å². The van der Waals surface area contributed by atoms with Crippen molar-refractivity contribution in [3.8, 4) is 0 Å². The van der Waals surface area contributed by atoms with Gasteiger partial charge in [-0.25, -0.2) is 0 Å². The Balaban J connectivity index is 2.15. The third-order valence-corrected chi connectivity index (χ3v) is 5.82. The van der Waals surface area contributed by atoms with Crippen LogP contribution in [-0.2, 0) is 0 Å². The fourth-order valence-electron chi connectivity index (χ4n) is 3.57. The van der Waals surface area contributed by atoms with Crippen LogP contribution in [-0.4, -0.2) is 12.6 Å². The molecule has 0 heterocycles. The fraction of sp³-hybridized carbons (Fsp3) is 0.680. The summed E-state index contributed by atoms with van der Waals surface area (Å²) in [5, 5.41) is 0. The molecule has 0 aliphatic carbocycles. The summed E-state index contributed by atoms with van der Waals surface area (Å²) in [6.45, 7) is 10.9. The molecule has 0 aromatic heterocycles. The summed E-state index contributed by atoms with van der Waals surface area (Å²) >= 11 is 0. The minimum atomic E-state index is 0.203. The van der Waals surface area contributed by atoms with Gasteiger partial charge in [-0.2, -0.15) is 0 Å². The highest BCUT2D eigenvalue weighted by atomic mass is 15.2. The molecule has 1 heteroatoms. The number of hydrogen-bond donors (Lipinski definition) is 0. The Morgan fingerprint density at radius 3 is 1.73 bits per heavy atom. The molecule has 0 aliphatic rings. The average molecular weight is 358 g/mol. The number of unbranched alkanes of at least 4 members (excludes halogenated alkanes) is 10. The van der Waals surface area contributed by atoms with E-state index in [4.69, 9.17) is 0 Å². The van der Waals surface area contributed by atoms with Gasteiger partial charge in [-0.3, -0.25) is 0 Å². The molecule has 1 aromatic rings. The standard InChI is InChI=1S/C25H43N/c1-6-8-9-10-11-12-13-14-15-16-17-22-25(3,4)26(5)24-20-18-23(7-2)19-21-24/h7,18-21H,2,6,8-17,22H2,1,3-5H3. The number of rotatable bonds is 15. The monoisotopic (exact) mass is 357 g/mol. The van der Waals surface area contributed by atoms with Crippen LogP contribution < -0.4 is 4.90 Å². The lowest BCUT2D eigenvalue weighted by molar-refractivity contribution is 0.420. The largest absolute Gasteiger partial charge is 0.369 e. The topological polar surface area (TPSA) is 3.24 Å². The summed E-state index contributed by atoms with van der Waals surface area (Å²) in [6, 6.07) is 8.72. The van der Waals surface area contributed by atoms with Crippen molar-refractivity contribution in [1.29, 1.82) is 0 Å². The Hall–Kier alpha value is -1.24. The van der Waals surface area contributed by atoms with E-state index in [1.165, 1.54) is 88.3 Å². The Morgan fingerprint density at radius 2 is 1.27 bits per heavy atom. The first-order valence-corrected chi connectivity index (χ1v) is 11.0. The molecule has 0 bridgehead atoms. The van der Waals surface area contributed by atoms with Crippen LogP contribution >= 0.6 is 0 Å². The highest BCUT2D eigenvalue weighted by Crippen LogP contribution is 2.27. The quantitative estimate of drug-likeness (QED) is 0.286. The molecule has 0 saturated carbocycles. The molecule has 0 atom stereocenters. The Kier molecular flexibility index (Phi) is 11.4. The highest BCUT2D eigenvalue weighted by Gasteiger charge is 2.23. The van der Waals surface area contributed by atoms with Crippen molar-refractivity contribution in [2.75, 3.05) is 11.9 Å². The molecule has 1 rings (SSSR count). The van der Waals surface area contributed by atoms with Crippen molar-refractivity contribution in [3.05, 3.63) is 36.4 Å². The van der Waals surface area contributed by atoms with Gasteiger partial charge in [0.25, 0.3) is 0 Å². The first-order chi connectivity index (χ1) is 12.5. The van der Waals surface area contributed by atoms with E-state index >= 15 is 0 Å². The highest BCUT2D eigenvalue weighted by molar-refractivity contribution is 5.55. The molecule has 1 aromatic carbocycles. The summed E-state index contributed by atoms with van der Waals surface area (Å²) in [5.74, 6) is 0. The molecular formula is C25H43N. The minimum Gasteiger partial charge on any atom is -0.369 e. The molecule has 148 valence electrons. The molecule has 0 fully saturated rings. The molecule has 1 nitrogen and oxygen atoms in total. The van der Waals surface area contributed by atoms with E-state index in [2.05, 4.69) is 63.6 Å². The molecule has 0 amide bonds. The van der Waals surface area contributed by atoms with Gasteiger partial charge in [0.15, 0.2) is 0 Å². The lowest BCUT2D eigenvalue weighted by Crippen LogP contribution is -2.41. The third-order valence-electron chi connectivity index (χ3n) is 5.82. The van der Waals surface area contributed by atoms with E-state index in [1.54, 1.807) is 0 Å². The predicted molar refractivity (Wildman–Crippen MR) is 120 cm³/mol. The number of anilines is 1. The third kappa shape index (κ3) is 8.92. The second-order valence-electron chi connectivity index (χ2n) is 8.45. The fourth-order valence-corrected chi connectivity index (χ4v) is 3.57. The van der Waals surface area contributed by atoms with Crippen LogP contribution in [0.2, 0.25) is 0 Å². The van der Waals surface area contributed by atoms with Gasteiger partial charge in [-0.1, -0.05) is 102 Å². The van der Waals surface area contributed by atoms with Crippen LogP contribution in [0.3, 0.4) is 0 Å². The van der Waals surface area contributed by atoms with Gasteiger partial charge in [-0.05, 0) is 38.0 Å². The molecule has 0 aliphatic heterocycles. The van der Waals surface area contributed by atoms with Gasteiger partial charge in [0.2, 0.25) is 0 Å². The lowest BCUT2D eigenvalue weighted by atomic mass is 9.93. The maximum absolute atomic E-state index is 3.83. The van der Waals surface area contributed by atoms with Crippen molar-refractivity contribution in [1.82, 2.24) is 0 Å². The minimum absolute atomic E-state index is 0.203. The van der Waals surface area contributed by atoms with Crippen LogP contribution in [0.1, 0.15) is 103 Å². The zero-order valence-electron chi connectivity index (χ0n) is 18.0. The van der Waals surface area contributed by atoms with Crippen molar-refractivity contribution in [3.63, 3.8) is 0 Å². The van der Waals surface area contributed by atoms with Crippen molar-refractivity contribution in [2.45, 2.75) is 103 Å². The zero-order valence-corrected chi connectivity index (χ0v) is 18.0. The van der Waals surface area contributed by atoms with Crippen LogP contribution in [0.5, 0.6) is 0 Å². The first-order valence-electron chi connectivity index (χ1n) is 11.0. The summed E-state index contributed by atoms with van der Waals surface area (Å²) in [5.41, 5.74) is 2.68. The maximum atomic E-state index is 3.83. The van der Waals surface area contributed by atoms with Gasteiger partial charge >= 0.3 is 0 Å². The van der Waals surface area contributed by atoms with E-state index in [0.717, 1.165) is 0 Å². The molecule has 26 heavy (non-hydrogen) atoms. The van der Waals surface area contributed by atoms with E-state index in [-0.39, 0.29) is 5.54 Å². The van der Waals surface area contributed by atoms with Gasteiger partial charge in [-0.15, -0.1) is 0 Å². The van der Waals surface area contributed by atoms with Gasteiger partial charge < -0.3 is 4.90 Å².